The Morgan fingerprint density at radius 3 is 3.25 bits per heavy atom. The van der Waals surface area contributed by atoms with Crippen LogP contribution in [0.1, 0.15) is 16.2 Å². The van der Waals surface area contributed by atoms with Crippen LogP contribution in [0.3, 0.4) is 0 Å². The molecule has 0 fully saturated rings. The second-order valence-corrected chi connectivity index (χ2v) is 2.53. The molecule has 0 bridgehead atoms. The van der Waals surface area contributed by atoms with Crippen LogP contribution in [0.5, 0.6) is 0 Å². The molecule has 0 aliphatic carbocycles. The van der Waals surface area contributed by atoms with Crippen molar-refractivity contribution in [2.24, 2.45) is 5.73 Å². The van der Waals surface area contributed by atoms with Crippen molar-refractivity contribution in [1.29, 1.82) is 0 Å². The maximum atomic E-state index is 10.7. The largest absolute Gasteiger partial charge is 0.384 e. The van der Waals surface area contributed by atoms with Gasteiger partial charge >= 0.3 is 0 Å². The highest BCUT2D eigenvalue weighted by atomic mass is 16.1. The van der Waals surface area contributed by atoms with Crippen molar-refractivity contribution in [3.8, 4) is 0 Å². The number of aromatic nitrogens is 2. The zero-order valence-corrected chi connectivity index (χ0v) is 6.32. The van der Waals surface area contributed by atoms with E-state index in [1.165, 1.54) is 0 Å². The molecule has 0 unspecified atom stereocenters. The van der Waals surface area contributed by atoms with Crippen molar-refractivity contribution in [3.05, 3.63) is 23.7 Å². The molecule has 12 heavy (non-hydrogen) atoms. The Bertz CT molecular complexity index is 352. The highest BCUT2D eigenvalue weighted by Gasteiger charge is 2.11. The van der Waals surface area contributed by atoms with E-state index in [-0.39, 0.29) is 0 Å². The molecule has 2 heterocycles. The number of hydrogen-bond donors (Lipinski definition) is 2. The van der Waals surface area contributed by atoms with Gasteiger partial charge in [-0.1, -0.05) is 0 Å². The van der Waals surface area contributed by atoms with Gasteiger partial charge in [-0.15, -0.1) is 0 Å². The summed E-state index contributed by atoms with van der Waals surface area (Å²) in [5.41, 5.74) is 6.31. The Balaban J connectivity index is 2.46. The molecule has 1 aromatic heterocycles. The van der Waals surface area contributed by atoms with E-state index in [0.29, 0.717) is 12.2 Å². The molecule has 2 rings (SSSR count). The minimum Gasteiger partial charge on any atom is -0.384 e. The van der Waals surface area contributed by atoms with Gasteiger partial charge in [-0.2, -0.15) is 5.10 Å². The molecule has 0 radical (unpaired) electrons. The summed E-state index contributed by atoms with van der Waals surface area (Å²) in [5, 5.41) is 6.97. The van der Waals surface area contributed by atoms with Gasteiger partial charge in [-0.05, 0) is 6.07 Å². The smallest absolute Gasteiger partial charge is 0.269 e. The third-order valence-electron chi connectivity index (χ3n) is 1.68. The van der Waals surface area contributed by atoms with Crippen molar-refractivity contribution in [2.45, 2.75) is 6.54 Å². The number of amides is 1. The van der Waals surface area contributed by atoms with Gasteiger partial charge in [0.05, 0.1) is 12.2 Å². The molecule has 1 aliphatic rings. The SMILES string of the molecule is NC(=O)c1cc2n(n1)C=CNC2. The summed E-state index contributed by atoms with van der Waals surface area (Å²) in [5.74, 6) is -0.495. The van der Waals surface area contributed by atoms with Gasteiger partial charge in [0.1, 0.15) is 0 Å². The van der Waals surface area contributed by atoms with Gasteiger partial charge in [-0.25, -0.2) is 4.68 Å². The van der Waals surface area contributed by atoms with Crippen LogP contribution in [0.25, 0.3) is 6.20 Å². The third-order valence-corrected chi connectivity index (χ3v) is 1.68. The van der Waals surface area contributed by atoms with Gasteiger partial charge in [-0.3, -0.25) is 4.79 Å². The Morgan fingerprint density at radius 1 is 1.75 bits per heavy atom. The predicted molar refractivity (Wildman–Crippen MR) is 42.9 cm³/mol. The summed E-state index contributed by atoms with van der Waals surface area (Å²) in [6.45, 7) is 0.677. The topological polar surface area (TPSA) is 72.9 Å². The third kappa shape index (κ3) is 0.952. The van der Waals surface area contributed by atoms with Crippen LogP contribution in [0, 0.1) is 0 Å². The van der Waals surface area contributed by atoms with E-state index >= 15 is 0 Å². The molecule has 5 heteroatoms. The lowest BCUT2D eigenvalue weighted by Gasteiger charge is -2.07. The molecule has 5 nitrogen and oxygen atoms in total. The summed E-state index contributed by atoms with van der Waals surface area (Å²) in [6.07, 6.45) is 3.51. The lowest BCUT2D eigenvalue weighted by molar-refractivity contribution is 0.0995. The second kappa shape index (κ2) is 2.37. The number of primary amides is 1. The van der Waals surface area contributed by atoms with Gasteiger partial charge in [0.2, 0.25) is 0 Å². The van der Waals surface area contributed by atoms with Gasteiger partial charge in [0.25, 0.3) is 5.91 Å². The molecule has 0 aromatic carbocycles. The monoisotopic (exact) mass is 164 g/mol. The molecule has 0 saturated carbocycles. The number of rotatable bonds is 1. The highest BCUT2D eigenvalue weighted by Crippen LogP contribution is 2.07. The normalized spacial score (nSPS) is 13.7. The van der Waals surface area contributed by atoms with Crippen LogP contribution in [0.15, 0.2) is 12.3 Å². The van der Waals surface area contributed by atoms with E-state index in [9.17, 15) is 4.79 Å². The molecule has 3 N–H and O–H groups in total. The maximum Gasteiger partial charge on any atom is 0.269 e. The molecule has 62 valence electrons. The fraction of sp³-hybridized carbons (Fsp3) is 0.143. The van der Waals surface area contributed by atoms with E-state index in [0.717, 1.165) is 5.69 Å². The molecular formula is C7H8N4O. The first-order chi connectivity index (χ1) is 5.77. The number of carbonyl (C=O) groups is 1. The zero-order chi connectivity index (χ0) is 8.55. The lowest BCUT2D eigenvalue weighted by Crippen LogP contribution is -2.14. The Kier molecular flexibility index (Phi) is 1.36. The number of fused-ring (bicyclic) bond motifs is 1. The number of nitrogens with zero attached hydrogens (tertiary/aromatic N) is 2. The van der Waals surface area contributed by atoms with Gasteiger partial charge in [0.15, 0.2) is 5.69 Å². The van der Waals surface area contributed by atoms with Crippen LogP contribution in [-0.2, 0) is 6.54 Å². The van der Waals surface area contributed by atoms with Gasteiger partial charge < -0.3 is 11.1 Å². The van der Waals surface area contributed by atoms with Crippen LogP contribution in [0.4, 0.5) is 0 Å². The van der Waals surface area contributed by atoms with Crippen molar-refractivity contribution >= 4 is 12.1 Å². The average Bonchev–Trinajstić information content (AvgIpc) is 2.46. The number of nitrogens with one attached hydrogen (secondary N) is 1. The van der Waals surface area contributed by atoms with Crippen LogP contribution in [-0.4, -0.2) is 15.7 Å². The fourth-order valence-electron chi connectivity index (χ4n) is 1.10. The van der Waals surface area contributed by atoms with E-state index in [2.05, 4.69) is 10.4 Å². The summed E-state index contributed by atoms with van der Waals surface area (Å²) >= 11 is 0. The maximum absolute atomic E-state index is 10.7. The summed E-state index contributed by atoms with van der Waals surface area (Å²) < 4.78 is 1.64. The standard InChI is InChI=1S/C7H8N4O/c8-7(12)6-3-5-4-9-1-2-11(5)10-6/h1-3,9H,4H2,(H2,8,12). The van der Waals surface area contributed by atoms with Crippen molar-refractivity contribution < 1.29 is 4.79 Å². The molecule has 1 amide bonds. The Labute approximate surface area is 68.9 Å². The first-order valence-electron chi connectivity index (χ1n) is 3.55. The highest BCUT2D eigenvalue weighted by molar-refractivity contribution is 5.90. The van der Waals surface area contributed by atoms with Crippen LogP contribution in [0.2, 0.25) is 0 Å². The predicted octanol–water partition coefficient (Wildman–Crippen LogP) is -0.487. The second-order valence-electron chi connectivity index (χ2n) is 2.53. The van der Waals surface area contributed by atoms with Crippen molar-refractivity contribution in [3.63, 3.8) is 0 Å². The molecule has 0 atom stereocenters. The number of carbonyl (C=O) groups excluding carboxylic acids is 1. The van der Waals surface area contributed by atoms with Crippen LogP contribution < -0.4 is 11.1 Å². The van der Waals surface area contributed by atoms with E-state index in [4.69, 9.17) is 5.73 Å². The van der Waals surface area contributed by atoms with Crippen molar-refractivity contribution in [2.75, 3.05) is 0 Å². The zero-order valence-electron chi connectivity index (χ0n) is 6.32. The van der Waals surface area contributed by atoms with Crippen LogP contribution >= 0.6 is 0 Å². The molecule has 0 saturated heterocycles. The Morgan fingerprint density at radius 2 is 2.58 bits per heavy atom. The van der Waals surface area contributed by atoms with E-state index in [1.54, 1.807) is 23.1 Å². The van der Waals surface area contributed by atoms with E-state index < -0.39 is 5.91 Å². The summed E-state index contributed by atoms with van der Waals surface area (Å²) in [4.78, 5) is 10.7. The summed E-state index contributed by atoms with van der Waals surface area (Å²) in [6, 6.07) is 1.68. The first kappa shape index (κ1) is 6.90. The summed E-state index contributed by atoms with van der Waals surface area (Å²) in [7, 11) is 0. The molecule has 1 aliphatic heterocycles. The minimum atomic E-state index is -0.495. The van der Waals surface area contributed by atoms with E-state index in [1.807, 2.05) is 0 Å². The number of nitrogens with two attached hydrogens (primary N) is 1. The first-order valence-corrected chi connectivity index (χ1v) is 3.55. The van der Waals surface area contributed by atoms with Gasteiger partial charge in [0, 0.05) is 12.4 Å². The number of hydrogen-bond acceptors (Lipinski definition) is 3. The lowest BCUT2D eigenvalue weighted by atomic mass is 10.3. The van der Waals surface area contributed by atoms with Crippen molar-refractivity contribution in [1.82, 2.24) is 15.1 Å². The molecule has 0 spiro atoms. The Hall–Kier alpha value is -1.78. The average molecular weight is 164 g/mol. The molecular weight excluding hydrogens is 156 g/mol. The molecule has 1 aromatic rings. The minimum absolute atomic E-state index is 0.304. The fourth-order valence-corrected chi connectivity index (χ4v) is 1.10. The quantitative estimate of drug-likeness (QED) is 0.588.